The Bertz CT molecular complexity index is 392. The number of aliphatic imine (C=N–C) groups is 1. The van der Waals surface area contributed by atoms with E-state index in [4.69, 9.17) is 16.9 Å². The van der Waals surface area contributed by atoms with Crippen LogP contribution in [0.15, 0.2) is 20.8 Å². The molecule has 6 nitrogen and oxygen atoms in total. The van der Waals surface area contributed by atoms with Gasteiger partial charge in [-0.3, -0.25) is 4.79 Å². The Balaban J connectivity index is 4.67. The highest BCUT2D eigenvalue weighted by Crippen LogP contribution is 2.08. The first-order valence-corrected chi connectivity index (χ1v) is 5.21. The van der Waals surface area contributed by atoms with Gasteiger partial charge < -0.3 is 4.90 Å². The van der Waals surface area contributed by atoms with Gasteiger partial charge in [-0.05, 0) is 0 Å². The number of rotatable bonds is 5. The smallest absolute Gasteiger partial charge is 0.239 e. The SMILES string of the molecule is CCC(=O)NN=CC(C#N)=C(Cl)N=CN(C)C. The zero-order chi connectivity index (χ0) is 13.3. The van der Waals surface area contributed by atoms with Crippen LogP contribution in [0, 0.1) is 11.3 Å². The lowest BCUT2D eigenvalue weighted by molar-refractivity contribution is -0.120. The van der Waals surface area contributed by atoms with Gasteiger partial charge in [0.05, 0.1) is 12.6 Å². The van der Waals surface area contributed by atoms with Gasteiger partial charge in [0.2, 0.25) is 5.91 Å². The summed E-state index contributed by atoms with van der Waals surface area (Å²) in [6, 6.07) is 1.83. The molecule has 0 aromatic heterocycles. The molecule has 0 spiro atoms. The summed E-state index contributed by atoms with van der Waals surface area (Å²) in [6.07, 6.45) is 2.93. The van der Waals surface area contributed by atoms with Crippen molar-refractivity contribution in [2.45, 2.75) is 13.3 Å². The Kier molecular flexibility index (Phi) is 7.39. The summed E-state index contributed by atoms with van der Waals surface area (Å²) in [4.78, 5) is 16.4. The number of nitrogens with zero attached hydrogens (tertiary/aromatic N) is 4. The van der Waals surface area contributed by atoms with Crippen LogP contribution in [0.5, 0.6) is 0 Å². The van der Waals surface area contributed by atoms with E-state index in [9.17, 15) is 4.79 Å². The van der Waals surface area contributed by atoms with E-state index in [0.717, 1.165) is 6.21 Å². The second-order valence-electron chi connectivity index (χ2n) is 3.17. The molecule has 0 radical (unpaired) electrons. The van der Waals surface area contributed by atoms with E-state index in [0.29, 0.717) is 6.42 Å². The molecule has 0 saturated heterocycles. The maximum atomic E-state index is 10.9. The normalized spacial score (nSPS) is 12.4. The molecule has 1 amide bonds. The highest BCUT2D eigenvalue weighted by molar-refractivity contribution is 6.31. The summed E-state index contributed by atoms with van der Waals surface area (Å²) >= 11 is 5.77. The number of carbonyl (C=O) groups excluding carboxylic acids is 1. The summed E-state index contributed by atoms with van der Waals surface area (Å²) in [7, 11) is 3.55. The zero-order valence-electron chi connectivity index (χ0n) is 9.94. The summed E-state index contributed by atoms with van der Waals surface area (Å²) in [5.74, 6) is -0.244. The molecule has 0 aliphatic heterocycles. The summed E-state index contributed by atoms with van der Waals surface area (Å²) in [6.45, 7) is 1.69. The standard InChI is InChI=1S/C10H14ClN5O/c1-4-9(17)15-14-6-8(5-12)10(11)13-7-16(2)3/h6-7H,4H2,1-3H3,(H,15,17). The van der Waals surface area contributed by atoms with Crippen LogP contribution < -0.4 is 5.43 Å². The summed E-state index contributed by atoms with van der Waals surface area (Å²) < 4.78 is 0. The molecule has 17 heavy (non-hydrogen) atoms. The topological polar surface area (TPSA) is 80.8 Å². The van der Waals surface area contributed by atoms with Gasteiger partial charge in [0, 0.05) is 20.5 Å². The van der Waals surface area contributed by atoms with Gasteiger partial charge in [-0.1, -0.05) is 18.5 Å². The fraction of sp³-hybridized carbons (Fsp3) is 0.400. The molecule has 0 fully saturated rings. The second kappa shape index (κ2) is 8.30. The second-order valence-corrected chi connectivity index (χ2v) is 3.53. The fourth-order valence-electron chi connectivity index (χ4n) is 0.612. The Labute approximate surface area is 105 Å². The van der Waals surface area contributed by atoms with E-state index in [-0.39, 0.29) is 16.6 Å². The molecule has 0 aromatic rings. The summed E-state index contributed by atoms with van der Waals surface area (Å²) in [5, 5.41) is 12.4. The number of nitrogens with one attached hydrogen (secondary N) is 1. The number of nitriles is 1. The van der Waals surface area contributed by atoms with Crippen LogP contribution in [0.4, 0.5) is 0 Å². The third-order valence-corrected chi connectivity index (χ3v) is 1.75. The van der Waals surface area contributed by atoms with Gasteiger partial charge in [0.1, 0.15) is 16.8 Å². The van der Waals surface area contributed by atoms with Crippen LogP contribution in [-0.4, -0.2) is 37.5 Å². The lowest BCUT2D eigenvalue weighted by atomic mass is 10.3. The lowest BCUT2D eigenvalue weighted by Crippen LogP contribution is -2.15. The van der Waals surface area contributed by atoms with Gasteiger partial charge in [0.25, 0.3) is 0 Å². The largest absolute Gasteiger partial charge is 0.369 e. The minimum Gasteiger partial charge on any atom is -0.369 e. The molecule has 0 saturated carbocycles. The predicted molar refractivity (Wildman–Crippen MR) is 67.6 cm³/mol. The average Bonchev–Trinajstić information content (AvgIpc) is 2.31. The molecule has 0 unspecified atom stereocenters. The van der Waals surface area contributed by atoms with E-state index >= 15 is 0 Å². The van der Waals surface area contributed by atoms with Crippen molar-refractivity contribution in [2.24, 2.45) is 10.1 Å². The first-order valence-electron chi connectivity index (χ1n) is 4.83. The first kappa shape index (κ1) is 15.1. The number of hydrogen-bond acceptors (Lipinski definition) is 4. The molecule has 92 valence electrons. The van der Waals surface area contributed by atoms with Gasteiger partial charge in [-0.15, -0.1) is 0 Å². The zero-order valence-corrected chi connectivity index (χ0v) is 10.7. The lowest BCUT2D eigenvalue weighted by Gasteiger charge is -2.01. The Morgan fingerprint density at radius 2 is 2.24 bits per heavy atom. The van der Waals surface area contributed by atoms with Gasteiger partial charge in [-0.2, -0.15) is 10.4 Å². The summed E-state index contributed by atoms with van der Waals surface area (Å²) in [5.41, 5.74) is 2.31. The van der Waals surface area contributed by atoms with Crippen molar-refractivity contribution in [1.82, 2.24) is 10.3 Å². The number of amides is 1. The van der Waals surface area contributed by atoms with Crippen LogP contribution in [0.25, 0.3) is 0 Å². The quantitative estimate of drug-likeness (QED) is 0.262. The Hall–Kier alpha value is -1.87. The van der Waals surface area contributed by atoms with Gasteiger partial charge >= 0.3 is 0 Å². The van der Waals surface area contributed by atoms with Crippen molar-refractivity contribution >= 4 is 30.1 Å². The molecular weight excluding hydrogens is 242 g/mol. The fourth-order valence-corrected chi connectivity index (χ4v) is 0.747. The molecule has 7 heteroatoms. The number of hydrazone groups is 1. The minimum atomic E-state index is -0.244. The number of carbonyl (C=O) groups is 1. The van der Waals surface area contributed by atoms with Crippen molar-refractivity contribution in [3.05, 3.63) is 10.7 Å². The average molecular weight is 256 g/mol. The van der Waals surface area contributed by atoms with E-state index < -0.39 is 0 Å². The highest BCUT2D eigenvalue weighted by atomic mass is 35.5. The molecular formula is C10H14ClN5O. The van der Waals surface area contributed by atoms with Crippen LogP contribution in [0.2, 0.25) is 0 Å². The molecule has 0 bridgehead atoms. The third-order valence-electron chi connectivity index (χ3n) is 1.45. The van der Waals surface area contributed by atoms with Crippen molar-refractivity contribution in [3.63, 3.8) is 0 Å². The Morgan fingerprint density at radius 3 is 2.71 bits per heavy atom. The van der Waals surface area contributed by atoms with Crippen LogP contribution >= 0.6 is 11.6 Å². The molecule has 0 aliphatic carbocycles. The van der Waals surface area contributed by atoms with Gasteiger partial charge in [-0.25, -0.2) is 10.4 Å². The van der Waals surface area contributed by atoms with E-state index in [1.54, 1.807) is 25.9 Å². The number of hydrogen-bond donors (Lipinski definition) is 1. The molecule has 0 aromatic carbocycles. The van der Waals surface area contributed by atoms with Crippen molar-refractivity contribution in [2.75, 3.05) is 14.1 Å². The van der Waals surface area contributed by atoms with Crippen LogP contribution in [0.1, 0.15) is 13.3 Å². The van der Waals surface area contributed by atoms with Crippen molar-refractivity contribution < 1.29 is 4.79 Å². The van der Waals surface area contributed by atoms with Crippen molar-refractivity contribution in [1.29, 1.82) is 5.26 Å². The minimum absolute atomic E-state index is 0.00991. The molecule has 0 rings (SSSR count). The van der Waals surface area contributed by atoms with E-state index in [1.165, 1.54) is 6.34 Å². The van der Waals surface area contributed by atoms with Crippen LogP contribution in [0.3, 0.4) is 0 Å². The monoisotopic (exact) mass is 255 g/mol. The molecule has 0 atom stereocenters. The maximum Gasteiger partial charge on any atom is 0.239 e. The molecule has 1 N–H and O–H groups in total. The van der Waals surface area contributed by atoms with E-state index in [1.807, 2.05) is 6.07 Å². The number of halogens is 1. The molecule has 0 aliphatic rings. The maximum absolute atomic E-state index is 10.9. The molecule has 0 heterocycles. The van der Waals surface area contributed by atoms with E-state index in [2.05, 4.69) is 15.5 Å². The van der Waals surface area contributed by atoms with Crippen LogP contribution in [-0.2, 0) is 4.79 Å². The highest BCUT2D eigenvalue weighted by Gasteiger charge is 2.00. The predicted octanol–water partition coefficient (Wildman–Crippen LogP) is 1.06. The third kappa shape index (κ3) is 7.09. The Morgan fingerprint density at radius 1 is 1.59 bits per heavy atom. The number of allylic oxidation sites excluding steroid dienone is 1. The first-order chi connectivity index (χ1) is 8.01. The van der Waals surface area contributed by atoms with Crippen molar-refractivity contribution in [3.8, 4) is 6.07 Å². The van der Waals surface area contributed by atoms with Gasteiger partial charge in [0.15, 0.2) is 0 Å².